The Morgan fingerprint density at radius 2 is 2.40 bits per heavy atom. The summed E-state index contributed by atoms with van der Waals surface area (Å²) in [5.41, 5.74) is 7.17. The van der Waals surface area contributed by atoms with Crippen molar-refractivity contribution < 1.29 is 14.3 Å². The van der Waals surface area contributed by atoms with Gasteiger partial charge in [-0.25, -0.2) is 4.98 Å². The van der Waals surface area contributed by atoms with Gasteiger partial charge in [0.2, 0.25) is 5.89 Å². The van der Waals surface area contributed by atoms with E-state index in [0.29, 0.717) is 6.54 Å². The zero-order valence-electron chi connectivity index (χ0n) is 11.5. The Labute approximate surface area is 118 Å². The molecule has 20 heavy (non-hydrogen) atoms. The average Bonchev–Trinajstić information content (AvgIpc) is 2.97. The first-order valence-corrected chi connectivity index (χ1v) is 6.98. The third-order valence-electron chi connectivity index (χ3n) is 3.39. The maximum absolute atomic E-state index is 11.9. The minimum Gasteiger partial charge on any atom is -0.446 e. The van der Waals surface area contributed by atoms with E-state index < -0.39 is 6.04 Å². The van der Waals surface area contributed by atoms with E-state index in [-0.39, 0.29) is 24.1 Å². The van der Waals surface area contributed by atoms with Crippen molar-refractivity contribution in [1.82, 2.24) is 10.3 Å². The third kappa shape index (κ3) is 3.91. The molecule has 2 rings (SSSR count). The minimum atomic E-state index is -0.691. The van der Waals surface area contributed by atoms with Gasteiger partial charge in [-0.05, 0) is 32.1 Å². The molecule has 0 spiro atoms. The Bertz CT molecular complexity index is 482. The summed E-state index contributed by atoms with van der Waals surface area (Å²) in [5.74, 6) is -0.103. The predicted molar refractivity (Wildman–Crippen MR) is 74.0 cm³/mol. The van der Waals surface area contributed by atoms with Crippen molar-refractivity contribution in [3.8, 4) is 0 Å². The van der Waals surface area contributed by atoms with Crippen molar-refractivity contribution >= 4 is 5.91 Å². The van der Waals surface area contributed by atoms with Gasteiger partial charge >= 0.3 is 0 Å². The zero-order chi connectivity index (χ0) is 14.4. The number of nitrogens with one attached hydrogen (secondary N) is 1. The summed E-state index contributed by atoms with van der Waals surface area (Å²) < 4.78 is 5.07. The van der Waals surface area contributed by atoms with Gasteiger partial charge in [-0.1, -0.05) is 11.6 Å². The quantitative estimate of drug-likeness (QED) is 0.681. The first-order chi connectivity index (χ1) is 9.70. The van der Waals surface area contributed by atoms with Crippen LogP contribution in [0, 0.1) is 0 Å². The maximum atomic E-state index is 11.9. The molecule has 0 bridgehead atoms. The summed E-state index contributed by atoms with van der Waals surface area (Å²) in [4.78, 5) is 15.8. The van der Waals surface area contributed by atoms with Gasteiger partial charge in [0.15, 0.2) is 5.69 Å². The Morgan fingerprint density at radius 3 is 3.10 bits per heavy atom. The molecule has 0 aromatic carbocycles. The molecule has 1 aromatic heterocycles. The Kier molecular flexibility index (Phi) is 5.31. The van der Waals surface area contributed by atoms with Crippen LogP contribution in [0.4, 0.5) is 0 Å². The van der Waals surface area contributed by atoms with Gasteiger partial charge in [0.05, 0.1) is 6.61 Å². The molecular weight excluding hydrogens is 258 g/mol. The zero-order valence-corrected chi connectivity index (χ0v) is 11.5. The molecule has 4 N–H and O–H groups in total. The van der Waals surface area contributed by atoms with Crippen molar-refractivity contribution in [2.75, 3.05) is 13.2 Å². The van der Waals surface area contributed by atoms with Crippen molar-refractivity contribution in [2.45, 2.75) is 38.1 Å². The van der Waals surface area contributed by atoms with Crippen molar-refractivity contribution in [3.63, 3.8) is 0 Å². The third-order valence-corrected chi connectivity index (χ3v) is 3.39. The second kappa shape index (κ2) is 7.21. The average molecular weight is 279 g/mol. The number of oxazole rings is 1. The van der Waals surface area contributed by atoms with Gasteiger partial charge in [-0.2, -0.15) is 0 Å². The minimum absolute atomic E-state index is 0.174. The second-order valence-corrected chi connectivity index (χ2v) is 4.97. The van der Waals surface area contributed by atoms with E-state index in [1.165, 1.54) is 24.7 Å². The molecule has 0 fully saturated rings. The van der Waals surface area contributed by atoms with Gasteiger partial charge < -0.3 is 20.6 Å². The highest BCUT2D eigenvalue weighted by molar-refractivity contribution is 5.91. The van der Waals surface area contributed by atoms with Crippen LogP contribution in [0.1, 0.15) is 54.5 Å². The fourth-order valence-electron chi connectivity index (χ4n) is 2.20. The molecule has 1 aromatic rings. The van der Waals surface area contributed by atoms with Crippen molar-refractivity contribution in [3.05, 3.63) is 29.5 Å². The van der Waals surface area contributed by atoms with E-state index >= 15 is 0 Å². The second-order valence-electron chi connectivity index (χ2n) is 4.97. The highest BCUT2D eigenvalue weighted by atomic mass is 16.3. The number of nitrogens with two attached hydrogens (primary N) is 1. The lowest BCUT2D eigenvalue weighted by Crippen LogP contribution is -2.25. The number of rotatable bonds is 6. The Balaban J connectivity index is 1.79. The first-order valence-electron chi connectivity index (χ1n) is 6.98. The lowest BCUT2D eigenvalue weighted by molar-refractivity contribution is 0.0949. The number of aliphatic hydroxyl groups excluding tert-OH is 1. The number of allylic oxidation sites excluding steroid dienone is 1. The number of hydrogen-bond donors (Lipinski definition) is 3. The molecule has 0 aliphatic heterocycles. The van der Waals surface area contributed by atoms with Crippen LogP contribution in [0.5, 0.6) is 0 Å². The number of carbonyl (C=O) groups is 1. The van der Waals surface area contributed by atoms with Crippen LogP contribution in [0.2, 0.25) is 0 Å². The van der Waals surface area contributed by atoms with Crippen LogP contribution in [0.15, 0.2) is 22.3 Å². The highest BCUT2D eigenvalue weighted by Crippen LogP contribution is 2.19. The normalized spacial score (nSPS) is 16.6. The molecular formula is C14H21N3O3. The summed E-state index contributed by atoms with van der Waals surface area (Å²) in [7, 11) is 0. The van der Waals surface area contributed by atoms with Crippen LogP contribution >= 0.6 is 0 Å². The van der Waals surface area contributed by atoms with Crippen LogP contribution in [-0.2, 0) is 0 Å². The number of aliphatic hydroxyl groups is 1. The van der Waals surface area contributed by atoms with E-state index in [1.807, 2.05) is 0 Å². The largest absolute Gasteiger partial charge is 0.446 e. The Hall–Kier alpha value is -1.66. The number of carbonyl (C=O) groups excluding carboxylic acids is 1. The van der Waals surface area contributed by atoms with E-state index in [1.54, 1.807) is 0 Å². The van der Waals surface area contributed by atoms with Crippen LogP contribution in [0.3, 0.4) is 0 Å². The topological polar surface area (TPSA) is 101 Å². The van der Waals surface area contributed by atoms with Gasteiger partial charge in [0, 0.05) is 6.54 Å². The molecule has 1 amide bonds. The number of nitrogens with zero attached hydrogens (tertiary/aromatic N) is 1. The lowest BCUT2D eigenvalue weighted by Gasteiger charge is -2.12. The lowest BCUT2D eigenvalue weighted by atomic mass is 9.97. The number of amides is 1. The van der Waals surface area contributed by atoms with Gasteiger partial charge in [0.1, 0.15) is 12.3 Å². The molecule has 0 saturated carbocycles. The van der Waals surface area contributed by atoms with Crippen molar-refractivity contribution in [1.29, 1.82) is 0 Å². The fraction of sp³-hybridized carbons (Fsp3) is 0.571. The predicted octanol–water partition coefficient (Wildman–Crippen LogP) is 1.29. The summed E-state index contributed by atoms with van der Waals surface area (Å²) in [5, 5.41) is 11.7. The fourth-order valence-corrected chi connectivity index (χ4v) is 2.20. The van der Waals surface area contributed by atoms with E-state index in [9.17, 15) is 4.79 Å². The summed E-state index contributed by atoms with van der Waals surface area (Å²) in [6.45, 7) is 0.328. The van der Waals surface area contributed by atoms with E-state index in [0.717, 1.165) is 19.3 Å². The molecule has 1 atom stereocenters. The molecule has 110 valence electrons. The molecule has 1 aliphatic rings. The van der Waals surface area contributed by atoms with E-state index in [2.05, 4.69) is 16.4 Å². The van der Waals surface area contributed by atoms with Gasteiger partial charge in [0.25, 0.3) is 5.91 Å². The first kappa shape index (κ1) is 14.7. The monoisotopic (exact) mass is 279 g/mol. The van der Waals surface area contributed by atoms with Gasteiger partial charge in [-0.3, -0.25) is 4.79 Å². The highest BCUT2D eigenvalue weighted by Gasteiger charge is 2.16. The van der Waals surface area contributed by atoms with Crippen LogP contribution in [-0.4, -0.2) is 29.1 Å². The van der Waals surface area contributed by atoms with Crippen LogP contribution < -0.4 is 11.1 Å². The number of hydrogen-bond acceptors (Lipinski definition) is 5. The van der Waals surface area contributed by atoms with Gasteiger partial charge in [-0.15, -0.1) is 0 Å². The smallest absolute Gasteiger partial charge is 0.273 e. The SMILES string of the molecule is NC(CO)c1nc(C(=O)NCCC2=CCCCC2)co1. The van der Waals surface area contributed by atoms with Crippen LogP contribution in [0.25, 0.3) is 0 Å². The molecule has 1 unspecified atom stereocenters. The Morgan fingerprint density at radius 1 is 1.55 bits per heavy atom. The summed E-state index contributed by atoms with van der Waals surface area (Å²) in [6.07, 6.45) is 9.20. The molecule has 1 heterocycles. The molecule has 6 nitrogen and oxygen atoms in total. The number of aromatic nitrogens is 1. The molecule has 6 heteroatoms. The summed E-state index contributed by atoms with van der Waals surface area (Å²) >= 11 is 0. The van der Waals surface area contributed by atoms with Crippen molar-refractivity contribution in [2.24, 2.45) is 5.73 Å². The summed E-state index contributed by atoms with van der Waals surface area (Å²) in [6, 6.07) is -0.691. The maximum Gasteiger partial charge on any atom is 0.273 e. The van der Waals surface area contributed by atoms with E-state index in [4.69, 9.17) is 15.3 Å². The molecule has 1 aliphatic carbocycles. The molecule has 0 radical (unpaired) electrons. The molecule has 0 saturated heterocycles. The standard InChI is InChI=1S/C14H21N3O3/c15-11(8-18)14-17-12(9-20-14)13(19)16-7-6-10-4-2-1-3-5-10/h4,9,11,18H,1-3,5-8,15H2,(H,16,19).